The third-order valence-electron chi connectivity index (χ3n) is 1.34. The van der Waals surface area contributed by atoms with E-state index in [-0.39, 0.29) is 10.9 Å². The Kier molecular flexibility index (Phi) is 3.35. The minimum Gasteiger partial charge on any atom is -0.376 e. The second kappa shape index (κ2) is 4.52. The summed E-state index contributed by atoms with van der Waals surface area (Å²) < 4.78 is 12.5. The molecular weight excluding hydrogens is 205 g/mol. The van der Waals surface area contributed by atoms with Crippen LogP contribution in [0.25, 0.3) is 0 Å². The highest BCUT2D eigenvalue weighted by Gasteiger charge is 2.01. The van der Waals surface area contributed by atoms with Crippen LogP contribution in [0.5, 0.6) is 0 Å². The van der Waals surface area contributed by atoms with Crippen molar-refractivity contribution in [1.29, 1.82) is 0 Å². The van der Waals surface area contributed by atoms with E-state index in [9.17, 15) is 9.18 Å². The van der Waals surface area contributed by atoms with Crippen molar-refractivity contribution in [3.63, 3.8) is 0 Å². The summed E-state index contributed by atoms with van der Waals surface area (Å²) in [5.74, 6) is -0.370. The van der Waals surface area contributed by atoms with E-state index in [0.717, 1.165) is 0 Å². The molecule has 74 valence electrons. The van der Waals surface area contributed by atoms with Crippen molar-refractivity contribution in [2.75, 3.05) is 5.32 Å². The molecule has 1 aromatic carbocycles. The lowest BCUT2D eigenvalue weighted by atomic mass is 10.3. The summed E-state index contributed by atoms with van der Waals surface area (Å²) in [7, 11) is 0. The second-order valence-corrected chi connectivity index (χ2v) is 2.89. The summed E-state index contributed by atoms with van der Waals surface area (Å²) in [6.45, 7) is 0. The molecule has 0 saturated carbocycles. The Labute approximate surface area is 85.3 Å². The molecular formula is C8H8FN3OS. The third kappa shape index (κ3) is 3.36. The van der Waals surface area contributed by atoms with Crippen LogP contribution in [0.2, 0.25) is 0 Å². The zero-order chi connectivity index (χ0) is 10.6. The Morgan fingerprint density at radius 3 is 2.43 bits per heavy atom. The molecule has 0 aliphatic heterocycles. The topological polar surface area (TPSA) is 67.1 Å². The summed E-state index contributed by atoms with van der Waals surface area (Å²) in [4.78, 5) is 11.0. The van der Waals surface area contributed by atoms with Crippen LogP contribution in [-0.2, 0) is 0 Å². The van der Waals surface area contributed by atoms with Gasteiger partial charge in [-0.2, -0.15) is 0 Å². The minimum atomic E-state index is -0.552. The number of carbonyl (C=O) groups excluding carboxylic acids is 1. The largest absolute Gasteiger partial charge is 0.376 e. The molecule has 0 aromatic heterocycles. The fraction of sp³-hybridized carbons (Fsp3) is 0. The van der Waals surface area contributed by atoms with Crippen LogP contribution in [0, 0.1) is 5.82 Å². The highest BCUT2D eigenvalue weighted by molar-refractivity contribution is 7.80. The number of halogens is 1. The van der Waals surface area contributed by atoms with E-state index >= 15 is 0 Å². The predicted molar refractivity (Wildman–Crippen MR) is 55.3 cm³/mol. The van der Waals surface area contributed by atoms with Crippen molar-refractivity contribution < 1.29 is 9.18 Å². The molecule has 0 spiro atoms. The number of anilines is 1. The number of thiocarbonyl (C=S) groups is 1. The molecule has 0 unspecified atom stereocenters. The number of benzene rings is 1. The molecule has 1 rings (SSSR count). The number of rotatable bonds is 1. The molecule has 4 N–H and O–H groups in total. The Morgan fingerprint density at radius 1 is 1.36 bits per heavy atom. The van der Waals surface area contributed by atoms with E-state index in [2.05, 4.69) is 22.9 Å². The van der Waals surface area contributed by atoms with Gasteiger partial charge in [0, 0.05) is 5.69 Å². The van der Waals surface area contributed by atoms with Gasteiger partial charge in [-0.3, -0.25) is 5.32 Å². The molecule has 0 bridgehead atoms. The van der Waals surface area contributed by atoms with E-state index in [4.69, 9.17) is 5.73 Å². The first kappa shape index (κ1) is 10.4. The van der Waals surface area contributed by atoms with Crippen molar-refractivity contribution in [3.8, 4) is 0 Å². The van der Waals surface area contributed by atoms with E-state index in [1.807, 2.05) is 0 Å². The summed E-state index contributed by atoms with van der Waals surface area (Å²) >= 11 is 4.45. The fourth-order valence-electron chi connectivity index (χ4n) is 0.807. The highest BCUT2D eigenvalue weighted by Crippen LogP contribution is 2.07. The number of carbonyl (C=O) groups is 1. The minimum absolute atomic E-state index is 0.121. The second-order valence-electron chi connectivity index (χ2n) is 2.45. The van der Waals surface area contributed by atoms with Gasteiger partial charge < -0.3 is 11.1 Å². The lowest BCUT2D eigenvalue weighted by Gasteiger charge is -2.05. The molecule has 14 heavy (non-hydrogen) atoms. The average molecular weight is 213 g/mol. The van der Waals surface area contributed by atoms with Crippen LogP contribution >= 0.6 is 12.2 Å². The summed E-state index contributed by atoms with van der Waals surface area (Å²) in [5, 5.41) is 4.47. The van der Waals surface area contributed by atoms with E-state index in [1.165, 1.54) is 24.3 Å². The molecule has 0 radical (unpaired) electrons. The van der Waals surface area contributed by atoms with E-state index < -0.39 is 6.03 Å². The van der Waals surface area contributed by atoms with Gasteiger partial charge in [-0.05, 0) is 36.5 Å². The zero-order valence-corrected chi connectivity index (χ0v) is 7.90. The van der Waals surface area contributed by atoms with Crippen molar-refractivity contribution >= 4 is 29.0 Å². The van der Waals surface area contributed by atoms with Crippen molar-refractivity contribution in [3.05, 3.63) is 30.1 Å². The number of hydrogen-bond donors (Lipinski definition) is 3. The van der Waals surface area contributed by atoms with Gasteiger partial charge in [-0.1, -0.05) is 0 Å². The van der Waals surface area contributed by atoms with Crippen LogP contribution < -0.4 is 16.4 Å². The Bertz CT molecular complexity index is 352. The summed E-state index contributed by atoms with van der Waals surface area (Å²) in [6.07, 6.45) is 0. The smallest absolute Gasteiger partial charge is 0.325 e. The number of urea groups is 1. The summed E-state index contributed by atoms with van der Waals surface area (Å²) in [6, 6.07) is 4.76. The highest BCUT2D eigenvalue weighted by atomic mass is 32.1. The van der Waals surface area contributed by atoms with Gasteiger partial charge in [0.2, 0.25) is 0 Å². The molecule has 0 fully saturated rings. The fourth-order valence-corrected chi connectivity index (χ4v) is 0.900. The molecule has 2 amide bonds. The quantitative estimate of drug-likeness (QED) is 0.614. The number of nitrogens with two attached hydrogens (primary N) is 1. The molecule has 6 heteroatoms. The van der Waals surface area contributed by atoms with Gasteiger partial charge in [-0.25, -0.2) is 9.18 Å². The molecule has 0 saturated heterocycles. The van der Waals surface area contributed by atoms with Gasteiger partial charge in [0.15, 0.2) is 5.11 Å². The van der Waals surface area contributed by atoms with Crippen LogP contribution in [0.1, 0.15) is 0 Å². The van der Waals surface area contributed by atoms with Gasteiger partial charge in [0.05, 0.1) is 0 Å². The average Bonchev–Trinajstić information content (AvgIpc) is 2.07. The number of amides is 2. The lowest BCUT2D eigenvalue weighted by Crippen LogP contribution is -2.37. The van der Waals surface area contributed by atoms with Gasteiger partial charge in [0.25, 0.3) is 0 Å². The lowest BCUT2D eigenvalue weighted by molar-refractivity contribution is 0.256. The first-order valence-electron chi connectivity index (χ1n) is 3.71. The molecule has 0 aliphatic carbocycles. The van der Waals surface area contributed by atoms with Crippen molar-refractivity contribution in [1.82, 2.24) is 5.32 Å². The molecule has 0 heterocycles. The molecule has 0 aliphatic rings. The maximum atomic E-state index is 12.5. The van der Waals surface area contributed by atoms with Crippen LogP contribution in [-0.4, -0.2) is 11.1 Å². The first-order chi connectivity index (χ1) is 6.58. The Morgan fingerprint density at radius 2 is 1.93 bits per heavy atom. The zero-order valence-electron chi connectivity index (χ0n) is 7.08. The van der Waals surface area contributed by atoms with Crippen LogP contribution in [0.3, 0.4) is 0 Å². The van der Waals surface area contributed by atoms with Crippen molar-refractivity contribution in [2.45, 2.75) is 0 Å². The molecule has 1 aromatic rings. The van der Waals surface area contributed by atoms with Gasteiger partial charge in [0.1, 0.15) is 5.82 Å². The SMILES string of the molecule is NC(=S)NC(=O)Nc1ccc(F)cc1. The third-order valence-corrected chi connectivity index (χ3v) is 1.44. The predicted octanol–water partition coefficient (Wildman–Crippen LogP) is 1.19. The maximum absolute atomic E-state index is 12.5. The van der Waals surface area contributed by atoms with E-state index in [0.29, 0.717) is 5.69 Å². The van der Waals surface area contributed by atoms with Gasteiger partial charge in [-0.15, -0.1) is 0 Å². The molecule has 0 atom stereocenters. The molecule has 4 nitrogen and oxygen atoms in total. The van der Waals surface area contributed by atoms with Crippen molar-refractivity contribution in [2.24, 2.45) is 5.73 Å². The van der Waals surface area contributed by atoms with Gasteiger partial charge >= 0.3 is 6.03 Å². The Hall–Kier alpha value is -1.69. The Balaban J connectivity index is 2.56. The first-order valence-corrected chi connectivity index (χ1v) is 4.12. The maximum Gasteiger partial charge on any atom is 0.325 e. The van der Waals surface area contributed by atoms with Crippen LogP contribution in [0.15, 0.2) is 24.3 Å². The summed E-state index contributed by atoms with van der Waals surface area (Å²) in [5.41, 5.74) is 5.53. The normalized spacial score (nSPS) is 9.21. The van der Waals surface area contributed by atoms with Crippen LogP contribution in [0.4, 0.5) is 14.9 Å². The standard InChI is InChI=1S/C8H8FN3OS/c9-5-1-3-6(4-2-5)11-8(13)12-7(10)14/h1-4H,(H4,10,11,12,13,14). The van der Waals surface area contributed by atoms with E-state index in [1.54, 1.807) is 0 Å². The number of hydrogen-bond acceptors (Lipinski definition) is 2. The monoisotopic (exact) mass is 213 g/mol. The number of nitrogens with one attached hydrogen (secondary N) is 2.